The molecule has 1 aromatic heterocycles. The van der Waals surface area contributed by atoms with E-state index in [0.717, 1.165) is 15.8 Å². The van der Waals surface area contributed by atoms with Gasteiger partial charge in [0.2, 0.25) is 0 Å². The number of aromatic amines is 1. The second-order valence-corrected chi connectivity index (χ2v) is 4.07. The maximum atomic E-state index is 11.1. The molecule has 1 heterocycles. The van der Waals surface area contributed by atoms with Crippen LogP contribution in [0.25, 0.3) is 10.2 Å². The Bertz CT molecular complexity index is 586. The summed E-state index contributed by atoms with van der Waals surface area (Å²) in [5, 5.41) is 2.95. The van der Waals surface area contributed by atoms with Crippen LogP contribution in [-0.2, 0) is 0 Å². The molecule has 0 spiro atoms. The summed E-state index contributed by atoms with van der Waals surface area (Å²) in [6.45, 7) is 0.668. The highest BCUT2D eigenvalue weighted by molar-refractivity contribution is 7.16. The molecule has 0 aliphatic rings. The van der Waals surface area contributed by atoms with Crippen molar-refractivity contribution in [1.82, 2.24) is 10.3 Å². The normalized spacial score (nSPS) is 9.93. The number of nitrogens with one attached hydrogen (secondary N) is 2. The second kappa shape index (κ2) is 4.30. The molecule has 2 rings (SSSR count). The molecular weight excluding hydrogens is 208 g/mol. The quantitative estimate of drug-likeness (QED) is 0.705. The number of aromatic nitrogens is 1. The first-order valence-electron chi connectivity index (χ1n) is 4.56. The van der Waals surface area contributed by atoms with Gasteiger partial charge in [0.1, 0.15) is 0 Å². The van der Waals surface area contributed by atoms with E-state index in [4.69, 9.17) is 0 Å². The van der Waals surface area contributed by atoms with Crippen molar-refractivity contribution >= 4 is 21.6 Å². The molecule has 1 aromatic carbocycles. The van der Waals surface area contributed by atoms with Crippen LogP contribution in [0.15, 0.2) is 23.0 Å². The molecule has 0 aliphatic heterocycles. The second-order valence-electron chi connectivity index (χ2n) is 3.06. The number of rotatable bonds is 1. The van der Waals surface area contributed by atoms with Gasteiger partial charge in [0.25, 0.3) is 0 Å². The molecule has 0 radical (unpaired) electrons. The van der Waals surface area contributed by atoms with E-state index >= 15 is 0 Å². The average molecular weight is 218 g/mol. The van der Waals surface area contributed by atoms with Crippen molar-refractivity contribution in [2.24, 2.45) is 0 Å². The van der Waals surface area contributed by atoms with Gasteiger partial charge in [0.05, 0.1) is 16.8 Å². The molecule has 76 valence electrons. The zero-order valence-corrected chi connectivity index (χ0v) is 9.07. The van der Waals surface area contributed by atoms with Crippen LogP contribution in [0.3, 0.4) is 0 Å². The predicted molar refractivity (Wildman–Crippen MR) is 63.3 cm³/mol. The Balaban J connectivity index is 2.39. The van der Waals surface area contributed by atoms with Crippen LogP contribution in [0.5, 0.6) is 0 Å². The smallest absolute Gasteiger partial charge is 0.305 e. The van der Waals surface area contributed by atoms with Crippen molar-refractivity contribution in [2.45, 2.75) is 0 Å². The van der Waals surface area contributed by atoms with Gasteiger partial charge in [-0.3, -0.25) is 4.79 Å². The first-order valence-corrected chi connectivity index (χ1v) is 5.37. The van der Waals surface area contributed by atoms with Crippen LogP contribution < -0.4 is 10.2 Å². The number of H-pyrrole nitrogens is 1. The average Bonchev–Trinajstić information content (AvgIpc) is 2.57. The molecule has 0 bridgehead atoms. The van der Waals surface area contributed by atoms with E-state index in [2.05, 4.69) is 22.1 Å². The van der Waals surface area contributed by atoms with Crippen LogP contribution in [-0.4, -0.2) is 18.6 Å². The third kappa shape index (κ3) is 2.27. The minimum atomic E-state index is -0.0228. The van der Waals surface area contributed by atoms with Gasteiger partial charge in [-0.1, -0.05) is 23.2 Å². The van der Waals surface area contributed by atoms with Crippen LogP contribution in [0.4, 0.5) is 0 Å². The van der Waals surface area contributed by atoms with E-state index in [1.54, 1.807) is 0 Å². The van der Waals surface area contributed by atoms with E-state index in [-0.39, 0.29) is 4.87 Å². The van der Waals surface area contributed by atoms with Crippen molar-refractivity contribution in [2.75, 3.05) is 13.6 Å². The van der Waals surface area contributed by atoms with Gasteiger partial charge < -0.3 is 10.3 Å². The minimum absolute atomic E-state index is 0.0228. The molecule has 0 atom stereocenters. The van der Waals surface area contributed by atoms with E-state index in [9.17, 15) is 4.79 Å². The zero-order chi connectivity index (χ0) is 10.7. The standard InChI is InChI=1S/C11H10N2OS/c1-12-6-2-3-8-4-5-9-10(7-8)15-11(14)13-9/h4-5,7,12H,6H2,1H3,(H,13,14). The summed E-state index contributed by atoms with van der Waals surface area (Å²) in [6.07, 6.45) is 0. The van der Waals surface area contributed by atoms with Gasteiger partial charge in [-0.25, -0.2) is 0 Å². The number of fused-ring (bicyclic) bond motifs is 1. The lowest BCUT2D eigenvalue weighted by atomic mass is 10.2. The molecule has 0 fully saturated rings. The Hall–Kier alpha value is -1.57. The maximum absolute atomic E-state index is 11.1. The van der Waals surface area contributed by atoms with Crippen LogP contribution >= 0.6 is 11.3 Å². The summed E-state index contributed by atoms with van der Waals surface area (Å²) in [5.41, 5.74) is 1.82. The molecule has 2 aromatic rings. The lowest BCUT2D eigenvalue weighted by Crippen LogP contribution is -2.04. The van der Waals surface area contributed by atoms with Gasteiger partial charge in [-0.05, 0) is 25.2 Å². The molecule has 3 nitrogen and oxygen atoms in total. The zero-order valence-electron chi connectivity index (χ0n) is 8.26. The molecule has 4 heteroatoms. The Morgan fingerprint density at radius 1 is 1.53 bits per heavy atom. The SMILES string of the molecule is CNCC#Cc1ccc2[nH]c(=O)sc2c1. The van der Waals surface area contributed by atoms with E-state index in [1.807, 2.05) is 25.2 Å². The molecule has 15 heavy (non-hydrogen) atoms. The Labute approximate surface area is 91.1 Å². The van der Waals surface area contributed by atoms with Crippen LogP contribution in [0, 0.1) is 11.8 Å². The largest absolute Gasteiger partial charge is 0.312 e. The van der Waals surface area contributed by atoms with Gasteiger partial charge in [-0.2, -0.15) is 0 Å². The minimum Gasteiger partial charge on any atom is -0.312 e. The number of thiazole rings is 1. The number of hydrogen-bond donors (Lipinski definition) is 2. The molecule has 0 amide bonds. The van der Waals surface area contributed by atoms with Gasteiger partial charge in [0, 0.05) is 5.56 Å². The molecule has 0 unspecified atom stereocenters. The van der Waals surface area contributed by atoms with E-state index < -0.39 is 0 Å². The van der Waals surface area contributed by atoms with Crippen molar-refractivity contribution in [3.05, 3.63) is 33.4 Å². The summed E-state index contributed by atoms with van der Waals surface area (Å²) < 4.78 is 0.955. The molecule has 0 saturated heterocycles. The van der Waals surface area contributed by atoms with Crippen LogP contribution in [0.1, 0.15) is 5.56 Å². The first-order chi connectivity index (χ1) is 7.29. The molecule has 2 N–H and O–H groups in total. The van der Waals surface area contributed by atoms with Crippen molar-refractivity contribution < 1.29 is 0 Å². The fourth-order valence-electron chi connectivity index (χ4n) is 1.26. The Morgan fingerprint density at radius 3 is 3.20 bits per heavy atom. The number of hydrogen-bond acceptors (Lipinski definition) is 3. The lowest BCUT2D eigenvalue weighted by molar-refractivity contribution is 0.938. The Morgan fingerprint density at radius 2 is 2.40 bits per heavy atom. The van der Waals surface area contributed by atoms with Crippen molar-refractivity contribution in [3.8, 4) is 11.8 Å². The summed E-state index contributed by atoms with van der Waals surface area (Å²) in [7, 11) is 1.86. The van der Waals surface area contributed by atoms with Gasteiger partial charge >= 0.3 is 4.87 Å². The van der Waals surface area contributed by atoms with E-state index in [0.29, 0.717) is 6.54 Å². The summed E-state index contributed by atoms with van der Waals surface area (Å²) in [4.78, 5) is 13.8. The lowest BCUT2D eigenvalue weighted by Gasteiger charge is -1.90. The van der Waals surface area contributed by atoms with Crippen molar-refractivity contribution in [1.29, 1.82) is 0 Å². The predicted octanol–water partition coefficient (Wildman–Crippen LogP) is 1.16. The maximum Gasteiger partial charge on any atom is 0.305 e. The van der Waals surface area contributed by atoms with Gasteiger partial charge in [0.15, 0.2) is 0 Å². The topological polar surface area (TPSA) is 44.9 Å². The van der Waals surface area contributed by atoms with Crippen LogP contribution in [0.2, 0.25) is 0 Å². The Kier molecular flexibility index (Phi) is 2.86. The number of benzene rings is 1. The highest BCUT2D eigenvalue weighted by atomic mass is 32.1. The fourth-order valence-corrected chi connectivity index (χ4v) is 2.03. The monoisotopic (exact) mass is 218 g/mol. The van der Waals surface area contributed by atoms with Gasteiger partial charge in [-0.15, -0.1) is 0 Å². The van der Waals surface area contributed by atoms with Crippen molar-refractivity contribution in [3.63, 3.8) is 0 Å². The molecular formula is C11H10N2OS. The highest BCUT2D eigenvalue weighted by Gasteiger charge is 1.98. The third-order valence-corrected chi connectivity index (χ3v) is 2.76. The summed E-state index contributed by atoms with van der Waals surface area (Å²) >= 11 is 1.21. The molecule has 0 saturated carbocycles. The molecule has 0 aliphatic carbocycles. The third-order valence-electron chi connectivity index (χ3n) is 1.92. The first kappa shape index (κ1) is 9.97. The fraction of sp³-hybridized carbons (Fsp3) is 0.182. The van der Waals surface area contributed by atoms with E-state index in [1.165, 1.54) is 11.3 Å². The summed E-state index contributed by atoms with van der Waals surface area (Å²) in [6, 6.07) is 5.73. The summed E-state index contributed by atoms with van der Waals surface area (Å²) in [5.74, 6) is 6.00. The highest BCUT2D eigenvalue weighted by Crippen LogP contribution is 2.15.